The topological polar surface area (TPSA) is 67.9 Å². The fourth-order valence-corrected chi connectivity index (χ4v) is 4.39. The minimum absolute atomic E-state index is 0.00379. The van der Waals surface area contributed by atoms with Crippen LogP contribution >= 0.6 is 0 Å². The van der Waals surface area contributed by atoms with E-state index in [-0.39, 0.29) is 35.2 Å². The molecule has 0 spiro atoms. The lowest BCUT2D eigenvalue weighted by Crippen LogP contribution is -2.59. The van der Waals surface area contributed by atoms with E-state index in [0.29, 0.717) is 13.0 Å². The maximum absolute atomic E-state index is 12.7. The molecule has 25 heavy (non-hydrogen) atoms. The average molecular weight is 371 g/mol. The summed E-state index contributed by atoms with van der Waals surface area (Å²) in [5, 5.41) is 3.03. The number of ether oxygens (including phenoxy) is 1. The first kappa shape index (κ1) is 20.2. The van der Waals surface area contributed by atoms with Crippen LogP contribution in [0.1, 0.15) is 54.4 Å². The van der Waals surface area contributed by atoms with Crippen molar-refractivity contribution >= 4 is 20.3 Å². The lowest BCUT2D eigenvalue weighted by atomic mass is 9.95. The van der Waals surface area contributed by atoms with Crippen LogP contribution in [0.5, 0.6) is 0 Å². The molecule has 2 heterocycles. The van der Waals surface area contributed by atoms with E-state index >= 15 is 0 Å². The molecule has 2 aliphatic heterocycles. The smallest absolute Gasteiger partial charge is 0.410 e. The molecule has 0 aromatic rings. The molecule has 0 unspecified atom stereocenters. The fourth-order valence-electron chi connectivity index (χ4n) is 3.03. The lowest BCUT2D eigenvalue weighted by molar-refractivity contribution is -0.129. The molecule has 2 fully saturated rings. The van der Waals surface area contributed by atoms with E-state index in [1.54, 1.807) is 4.90 Å². The summed E-state index contributed by atoms with van der Waals surface area (Å²) in [6.07, 6.45) is 0.893. The molecule has 1 N–H and O–H groups in total. The Morgan fingerprint density at radius 1 is 1.20 bits per heavy atom. The van der Waals surface area contributed by atoms with Gasteiger partial charge in [0.1, 0.15) is 5.60 Å². The molecule has 0 aromatic heterocycles. The summed E-state index contributed by atoms with van der Waals surface area (Å²) in [4.78, 5) is 25.8. The number of nitrogens with zero attached hydrogens (tertiary/aromatic N) is 1. The van der Waals surface area contributed by atoms with Crippen LogP contribution in [0.4, 0.5) is 4.79 Å². The normalized spacial score (nSPS) is 27.8. The van der Waals surface area contributed by atoms with E-state index in [1.807, 2.05) is 20.8 Å². The monoisotopic (exact) mass is 370 g/mol. The Balaban J connectivity index is 2.11. The third kappa shape index (κ3) is 4.76. The molecule has 0 aliphatic carbocycles. The molecule has 3 atom stereocenters. The Morgan fingerprint density at radius 3 is 2.20 bits per heavy atom. The predicted molar refractivity (Wildman–Crippen MR) is 100.0 cm³/mol. The van der Waals surface area contributed by atoms with Crippen molar-refractivity contribution in [1.82, 2.24) is 10.2 Å². The number of likely N-dealkylation sites (tertiary alicyclic amines) is 1. The molecular formula is C18H34N2O4Si. The first-order valence-corrected chi connectivity index (χ1v) is 12.1. The van der Waals surface area contributed by atoms with Crippen molar-refractivity contribution in [2.75, 3.05) is 6.54 Å². The van der Waals surface area contributed by atoms with Crippen LogP contribution in [0.3, 0.4) is 0 Å². The Kier molecular flexibility index (Phi) is 5.32. The Labute approximate surface area is 152 Å². The predicted octanol–water partition coefficient (Wildman–Crippen LogP) is 3.27. The van der Waals surface area contributed by atoms with Gasteiger partial charge >= 0.3 is 6.09 Å². The highest BCUT2D eigenvalue weighted by molar-refractivity contribution is 6.74. The third-order valence-corrected chi connectivity index (χ3v) is 9.95. The van der Waals surface area contributed by atoms with Gasteiger partial charge < -0.3 is 19.4 Å². The zero-order valence-electron chi connectivity index (χ0n) is 16.9. The minimum atomic E-state index is -1.92. The Bertz CT molecular complexity index is 528. The molecule has 0 saturated carbocycles. The van der Waals surface area contributed by atoms with Crippen LogP contribution in [0.2, 0.25) is 18.1 Å². The Hall–Kier alpha value is -1.08. The van der Waals surface area contributed by atoms with Crippen LogP contribution in [-0.2, 0) is 14.0 Å². The van der Waals surface area contributed by atoms with Crippen LogP contribution in [-0.4, -0.2) is 55.6 Å². The summed E-state index contributed by atoms with van der Waals surface area (Å²) in [6.45, 7) is 17.2. The molecule has 6 nitrogen and oxygen atoms in total. The summed E-state index contributed by atoms with van der Waals surface area (Å²) in [7, 11) is -1.92. The van der Waals surface area contributed by atoms with Gasteiger partial charge in [0.05, 0.1) is 18.2 Å². The first-order valence-electron chi connectivity index (χ1n) is 9.16. The molecule has 0 aromatic carbocycles. The van der Waals surface area contributed by atoms with Gasteiger partial charge in [-0.2, -0.15) is 0 Å². The molecule has 2 amide bonds. The number of amides is 2. The van der Waals surface area contributed by atoms with Crippen LogP contribution in [0.25, 0.3) is 0 Å². The number of hydrogen-bond donors (Lipinski definition) is 1. The molecule has 144 valence electrons. The number of β-lactam (4-membered cyclic amide) rings is 1. The van der Waals surface area contributed by atoms with E-state index in [2.05, 4.69) is 39.2 Å². The molecule has 7 heteroatoms. The van der Waals surface area contributed by atoms with Crippen LogP contribution < -0.4 is 5.32 Å². The number of nitrogens with one attached hydrogen (secondary N) is 1. The summed E-state index contributed by atoms with van der Waals surface area (Å²) < 4.78 is 12.1. The highest BCUT2D eigenvalue weighted by atomic mass is 28.4. The van der Waals surface area contributed by atoms with Crippen molar-refractivity contribution in [1.29, 1.82) is 0 Å². The van der Waals surface area contributed by atoms with Gasteiger partial charge in [-0.15, -0.1) is 0 Å². The fraction of sp³-hybridized carbons (Fsp3) is 0.889. The number of carbonyl (C=O) groups excluding carboxylic acids is 2. The van der Waals surface area contributed by atoms with Gasteiger partial charge in [-0.05, 0) is 45.3 Å². The van der Waals surface area contributed by atoms with Gasteiger partial charge in [-0.3, -0.25) is 4.79 Å². The van der Waals surface area contributed by atoms with Crippen molar-refractivity contribution in [2.24, 2.45) is 0 Å². The standard InChI is InChI=1S/C18H34N2O4Si/c1-17(2,3)23-16(22)20-11-12(24-25(7,8)18(4,5)6)9-14(20)13-10-15(21)19-13/h12-14H,9-11H2,1-8H3,(H,19,21)/t12-,13-,14+/m1/s1. The highest BCUT2D eigenvalue weighted by Gasteiger charge is 2.48. The van der Waals surface area contributed by atoms with Gasteiger partial charge in [0.2, 0.25) is 5.91 Å². The molecule has 2 rings (SSSR count). The van der Waals surface area contributed by atoms with Crippen LogP contribution in [0, 0.1) is 0 Å². The van der Waals surface area contributed by atoms with Crippen molar-refractivity contribution in [3.8, 4) is 0 Å². The number of hydrogen-bond acceptors (Lipinski definition) is 4. The zero-order chi connectivity index (χ0) is 19.2. The third-order valence-electron chi connectivity index (χ3n) is 5.42. The van der Waals surface area contributed by atoms with E-state index in [9.17, 15) is 9.59 Å². The number of carbonyl (C=O) groups is 2. The van der Waals surface area contributed by atoms with Gasteiger partial charge in [-0.1, -0.05) is 20.8 Å². The summed E-state index contributed by atoms with van der Waals surface area (Å²) >= 11 is 0. The van der Waals surface area contributed by atoms with Crippen molar-refractivity contribution < 1.29 is 18.8 Å². The summed E-state index contributed by atoms with van der Waals surface area (Å²) in [5.41, 5.74) is -0.539. The largest absolute Gasteiger partial charge is 0.444 e. The SMILES string of the molecule is CC(C)(C)OC(=O)N1C[C@H](O[Si](C)(C)C(C)(C)C)C[C@H]1[C@H]1CC(=O)N1. The molecule has 0 bridgehead atoms. The van der Waals surface area contributed by atoms with E-state index in [4.69, 9.17) is 9.16 Å². The van der Waals surface area contributed by atoms with Crippen molar-refractivity contribution in [2.45, 2.75) is 96.3 Å². The maximum Gasteiger partial charge on any atom is 0.410 e. The average Bonchev–Trinajstić information content (AvgIpc) is 2.74. The van der Waals surface area contributed by atoms with Gasteiger partial charge in [-0.25, -0.2) is 4.79 Å². The molecular weight excluding hydrogens is 336 g/mol. The second kappa shape index (κ2) is 6.58. The molecule has 2 saturated heterocycles. The van der Waals surface area contributed by atoms with Gasteiger partial charge in [0.15, 0.2) is 8.32 Å². The van der Waals surface area contributed by atoms with E-state index in [0.717, 1.165) is 6.42 Å². The first-order chi connectivity index (χ1) is 11.2. The second-order valence-corrected chi connectivity index (χ2v) is 14.6. The van der Waals surface area contributed by atoms with E-state index in [1.165, 1.54) is 0 Å². The minimum Gasteiger partial charge on any atom is -0.444 e. The highest BCUT2D eigenvalue weighted by Crippen LogP contribution is 2.39. The summed E-state index contributed by atoms with van der Waals surface area (Å²) in [5.74, 6) is 0.0444. The van der Waals surface area contributed by atoms with Crippen molar-refractivity contribution in [3.63, 3.8) is 0 Å². The summed E-state index contributed by atoms with van der Waals surface area (Å²) in [6, 6.07) is -0.0460. The van der Waals surface area contributed by atoms with Gasteiger partial charge in [0.25, 0.3) is 0 Å². The Morgan fingerprint density at radius 2 is 1.76 bits per heavy atom. The molecule has 0 radical (unpaired) electrons. The lowest BCUT2D eigenvalue weighted by Gasteiger charge is -2.38. The molecule has 2 aliphatic rings. The maximum atomic E-state index is 12.7. The van der Waals surface area contributed by atoms with E-state index < -0.39 is 13.9 Å². The quantitative estimate of drug-likeness (QED) is 0.611. The van der Waals surface area contributed by atoms with Crippen molar-refractivity contribution in [3.05, 3.63) is 0 Å². The van der Waals surface area contributed by atoms with Crippen LogP contribution in [0.15, 0.2) is 0 Å². The second-order valence-electron chi connectivity index (χ2n) is 9.81. The number of rotatable bonds is 3. The zero-order valence-corrected chi connectivity index (χ0v) is 17.9. The van der Waals surface area contributed by atoms with Gasteiger partial charge in [0, 0.05) is 13.0 Å².